The van der Waals surface area contributed by atoms with E-state index in [1.165, 1.54) is 0 Å². The van der Waals surface area contributed by atoms with Gasteiger partial charge in [-0.25, -0.2) is 4.98 Å². The van der Waals surface area contributed by atoms with Crippen LogP contribution in [-0.2, 0) is 17.8 Å². The number of carboxylic acid groups (broad SMARTS) is 1. The maximum atomic E-state index is 10.7. The highest BCUT2D eigenvalue weighted by Gasteiger charge is 2.07. The smallest absolute Gasteiger partial charge is 0.309 e. The molecule has 0 unspecified atom stereocenters. The Bertz CT molecular complexity index is 593. The molecule has 5 nitrogen and oxygen atoms in total. The fraction of sp³-hybridized carbons (Fsp3) is 0.154. The van der Waals surface area contributed by atoms with Crippen LogP contribution >= 0.6 is 0 Å². The lowest BCUT2D eigenvalue weighted by molar-refractivity contribution is -0.136. The minimum atomic E-state index is -0.878. The number of nitrogens with zero attached hydrogens (tertiary/aromatic N) is 3. The van der Waals surface area contributed by atoms with Gasteiger partial charge in [-0.05, 0) is 17.7 Å². The molecule has 0 fully saturated rings. The fourth-order valence-corrected chi connectivity index (χ4v) is 1.67. The predicted molar refractivity (Wildman–Crippen MR) is 63.8 cm³/mol. The highest BCUT2D eigenvalue weighted by atomic mass is 16.4. The Balaban J connectivity index is 2.16. The maximum Gasteiger partial charge on any atom is 0.309 e. The number of imidazole rings is 1. The van der Waals surface area contributed by atoms with Crippen molar-refractivity contribution in [3.63, 3.8) is 0 Å². The molecule has 2 aromatic rings. The van der Waals surface area contributed by atoms with Gasteiger partial charge in [0.05, 0.1) is 24.4 Å². The summed E-state index contributed by atoms with van der Waals surface area (Å²) in [5.41, 5.74) is 2.26. The van der Waals surface area contributed by atoms with Crippen LogP contribution in [-0.4, -0.2) is 20.6 Å². The molecule has 1 N–H and O–H groups in total. The van der Waals surface area contributed by atoms with Crippen LogP contribution in [0.3, 0.4) is 0 Å². The van der Waals surface area contributed by atoms with Gasteiger partial charge in [0.1, 0.15) is 0 Å². The summed E-state index contributed by atoms with van der Waals surface area (Å²) >= 11 is 0. The van der Waals surface area contributed by atoms with E-state index in [9.17, 15) is 4.79 Å². The van der Waals surface area contributed by atoms with E-state index in [4.69, 9.17) is 10.4 Å². The second-order valence-electron chi connectivity index (χ2n) is 3.89. The lowest BCUT2D eigenvalue weighted by Crippen LogP contribution is -2.08. The van der Waals surface area contributed by atoms with E-state index < -0.39 is 5.97 Å². The summed E-state index contributed by atoms with van der Waals surface area (Å²) in [5, 5.41) is 17.5. The Hall–Kier alpha value is -2.61. The van der Waals surface area contributed by atoms with E-state index >= 15 is 0 Å². The van der Waals surface area contributed by atoms with E-state index in [0.717, 1.165) is 5.56 Å². The van der Waals surface area contributed by atoms with Gasteiger partial charge >= 0.3 is 5.97 Å². The molecule has 0 amide bonds. The average molecular weight is 241 g/mol. The molecule has 90 valence electrons. The third-order valence-corrected chi connectivity index (χ3v) is 2.57. The van der Waals surface area contributed by atoms with E-state index in [0.29, 0.717) is 17.8 Å². The quantitative estimate of drug-likeness (QED) is 0.878. The van der Waals surface area contributed by atoms with Crippen molar-refractivity contribution in [3.8, 4) is 6.07 Å². The molecule has 0 aliphatic heterocycles. The minimum Gasteiger partial charge on any atom is -0.481 e. The van der Waals surface area contributed by atoms with Crippen LogP contribution in [0.2, 0.25) is 0 Å². The molecule has 0 bridgehead atoms. The normalized spacial score (nSPS) is 9.94. The summed E-state index contributed by atoms with van der Waals surface area (Å²) in [6.45, 7) is 0.550. The van der Waals surface area contributed by atoms with E-state index in [2.05, 4.69) is 11.1 Å². The number of hydrogen-bond donors (Lipinski definition) is 1. The van der Waals surface area contributed by atoms with Crippen LogP contribution in [0.1, 0.15) is 16.8 Å². The summed E-state index contributed by atoms with van der Waals surface area (Å²) < 4.78 is 1.79. The van der Waals surface area contributed by atoms with E-state index in [-0.39, 0.29) is 6.42 Å². The Morgan fingerprint density at radius 1 is 1.39 bits per heavy atom. The summed E-state index contributed by atoms with van der Waals surface area (Å²) in [4.78, 5) is 14.6. The van der Waals surface area contributed by atoms with Gasteiger partial charge in [-0.1, -0.05) is 12.1 Å². The van der Waals surface area contributed by atoms with Crippen molar-refractivity contribution < 1.29 is 9.90 Å². The highest BCUT2D eigenvalue weighted by Crippen LogP contribution is 2.08. The lowest BCUT2D eigenvalue weighted by Gasteiger charge is -2.06. The first kappa shape index (κ1) is 11.9. The third-order valence-electron chi connectivity index (χ3n) is 2.57. The summed E-state index contributed by atoms with van der Waals surface area (Å²) in [7, 11) is 0. The van der Waals surface area contributed by atoms with Crippen molar-refractivity contribution in [2.75, 3.05) is 0 Å². The molecular weight excluding hydrogens is 230 g/mol. The topological polar surface area (TPSA) is 78.9 Å². The Labute approximate surface area is 104 Å². The molecule has 0 saturated heterocycles. The zero-order chi connectivity index (χ0) is 13.0. The molecule has 1 heterocycles. The Morgan fingerprint density at radius 3 is 2.72 bits per heavy atom. The number of hydrogen-bond acceptors (Lipinski definition) is 3. The van der Waals surface area contributed by atoms with Crippen LogP contribution in [0.25, 0.3) is 0 Å². The van der Waals surface area contributed by atoms with Gasteiger partial charge < -0.3 is 9.67 Å². The second-order valence-corrected chi connectivity index (χ2v) is 3.89. The molecule has 1 aromatic carbocycles. The summed E-state index contributed by atoms with van der Waals surface area (Å²) in [6.07, 6.45) is 3.12. The number of carbonyl (C=O) groups is 1. The summed E-state index contributed by atoms with van der Waals surface area (Å²) in [5.74, 6) is -0.878. The van der Waals surface area contributed by atoms with Crippen LogP contribution in [0.5, 0.6) is 0 Å². The SMILES string of the molecule is N#Cc1ccc(Cn2cncc2CC(=O)O)cc1. The minimum absolute atomic E-state index is 0.0454. The molecule has 0 spiro atoms. The van der Waals surface area contributed by atoms with Crippen LogP contribution in [0.15, 0.2) is 36.8 Å². The van der Waals surface area contributed by atoms with Gasteiger partial charge in [0.25, 0.3) is 0 Å². The lowest BCUT2D eigenvalue weighted by atomic mass is 10.1. The molecular formula is C13H11N3O2. The number of nitriles is 1. The van der Waals surface area contributed by atoms with Gasteiger partial charge in [0.2, 0.25) is 0 Å². The van der Waals surface area contributed by atoms with Gasteiger partial charge in [0.15, 0.2) is 0 Å². The largest absolute Gasteiger partial charge is 0.481 e. The number of carboxylic acids is 1. The molecule has 1 aromatic heterocycles. The Morgan fingerprint density at radius 2 is 2.11 bits per heavy atom. The molecule has 5 heteroatoms. The van der Waals surface area contributed by atoms with Gasteiger partial charge in [-0.2, -0.15) is 5.26 Å². The molecule has 0 aliphatic carbocycles. The first-order valence-electron chi connectivity index (χ1n) is 5.39. The molecule has 0 aliphatic rings. The molecule has 0 saturated carbocycles. The maximum absolute atomic E-state index is 10.7. The van der Waals surface area contributed by atoms with Crippen molar-refractivity contribution in [3.05, 3.63) is 53.6 Å². The van der Waals surface area contributed by atoms with E-state index in [1.54, 1.807) is 29.2 Å². The first-order chi connectivity index (χ1) is 8.69. The molecule has 18 heavy (non-hydrogen) atoms. The average Bonchev–Trinajstić information content (AvgIpc) is 2.77. The summed E-state index contributed by atoms with van der Waals surface area (Å²) in [6, 6.07) is 9.23. The van der Waals surface area contributed by atoms with Crippen molar-refractivity contribution >= 4 is 5.97 Å². The van der Waals surface area contributed by atoms with Gasteiger partial charge in [-0.15, -0.1) is 0 Å². The van der Waals surface area contributed by atoms with Crippen LogP contribution in [0, 0.1) is 11.3 Å². The van der Waals surface area contributed by atoms with E-state index in [1.807, 2.05) is 12.1 Å². The zero-order valence-corrected chi connectivity index (χ0v) is 9.58. The highest BCUT2D eigenvalue weighted by molar-refractivity contribution is 5.69. The van der Waals surface area contributed by atoms with Crippen molar-refractivity contribution in [1.29, 1.82) is 5.26 Å². The van der Waals surface area contributed by atoms with Crippen molar-refractivity contribution in [1.82, 2.24) is 9.55 Å². The molecule has 2 rings (SSSR count). The second kappa shape index (κ2) is 5.15. The predicted octanol–water partition coefficient (Wildman–Crippen LogP) is 1.43. The van der Waals surface area contributed by atoms with Crippen molar-refractivity contribution in [2.45, 2.75) is 13.0 Å². The number of aliphatic carboxylic acids is 1. The fourth-order valence-electron chi connectivity index (χ4n) is 1.67. The number of aromatic nitrogens is 2. The third kappa shape index (κ3) is 2.74. The van der Waals surface area contributed by atoms with Gasteiger partial charge in [-0.3, -0.25) is 4.79 Å². The standard InChI is InChI=1S/C13H11N3O2/c14-6-10-1-3-11(4-2-10)8-16-9-15-7-12(16)5-13(17)18/h1-4,7,9H,5,8H2,(H,17,18). The zero-order valence-electron chi connectivity index (χ0n) is 9.58. The number of benzene rings is 1. The first-order valence-corrected chi connectivity index (χ1v) is 5.39. The van der Waals surface area contributed by atoms with Crippen LogP contribution < -0.4 is 0 Å². The molecule has 0 atom stereocenters. The molecule has 0 radical (unpaired) electrons. The van der Waals surface area contributed by atoms with Gasteiger partial charge in [0, 0.05) is 18.4 Å². The van der Waals surface area contributed by atoms with Crippen molar-refractivity contribution in [2.24, 2.45) is 0 Å². The number of rotatable bonds is 4. The monoisotopic (exact) mass is 241 g/mol. The van der Waals surface area contributed by atoms with Crippen LogP contribution in [0.4, 0.5) is 0 Å². The Kier molecular flexibility index (Phi) is 3.39.